The Morgan fingerprint density at radius 2 is 1.03 bits per heavy atom. The number of hydrogen-bond acceptors (Lipinski definition) is 36. The molecule has 105 heavy (non-hydrogen) atoms. The summed E-state index contributed by atoms with van der Waals surface area (Å²) in [6.45, 7) is 11.6. The van der Waals surface area contributed by atoms with Crippen molar-refractivity contribution in [1.82, 2.24) is 0 Å². The highest BCUT2D eigenvalue weighted by Gasteiger charge is 2.75. The van der Waals surface area contributed by atoms with E-state index in [0.29, 0.717) is 19.3 Å². The number of esters is 1. The van der Waals surface area contributed by atoms with Crippen molar-refractivity contribution in [1.29, 1.82) is 0 Å². The van der Waals surface area contributed by atoms with E-state index < -0.39 is 310 Å². The van der Waals surface area contributed by atoms with E-state index in [0.717, 1.165) is 5.57 Å². The van der Waals surface area contributed by atoms with Crippen molar-refractivity contribution in [2.45, 2.75) is 322 Å². The van der Waals surface area contributed by atoms with Crippen molar-refractivity contribution in [2.24, 2.45) is 50.2 Å². The summed E-state index contributed by atoms with van der Waals surface area (Å²) in [5.41, 5.74) is -8.01. The van der Waals surface area contributed by atoms with E-state index in [4.69, 9.17) is 66.3 Å². The van der Waals surface area contributed by atoms with Gasteiger partial charge in [-0.1, -0.05) is 53.2 Å². The second kappa shape index (κ2) is 30.3. The van der Waals surface area contributed by atoms with Crippen LogP contribution in [0.15, 0.2) is 11.6 Å². The maximum Gasteiger partial charge on any atom is 0.317 e. The molecule has 0 aromatic heterocycles. The Balaban J connectivity index is 0.785. The molecule has 0 spiro atoms. The average Bonchev–Trinajstić information content (AvgIpc) is 0.978. The Morgan fingerprint density at radius 3 is 1.64 bits per heavy atom. The highest BCUT2D eigenvalue weighted by atomic mass is 16.8. The van der Waals surface area contributed by atoms with E-state index in [1.165, 1.54) is 20.8 Å². The molecule has 0 radical (unpaired) electrons. The third kappa shape index (κ3) is 13.8. The summed E-state index contributed by atoms with van der Waals surface area (Å²) in [6.07, 6.45) is -54.6. The fraction of sp³-hybridized carbons (Fsp3) is 0.957. The van der Waals surface area contributed by atoms with Crippen LogP contribution in [0, 0.1) is 50.2 Å². The second-order valence-electron chi connectivity index (χ2n) is 33.7. The molecule has 604 valence electrons. The zero-order valence-corrected chi connectivity index (χ0v) is 60.1. The van der Waals surface area contributed by atoms with Gasteiger partial charge in [0.2, 0.25) is 6.29 Å². The first-order valence-electron chi connectivity index (χ1n) is 36.6. The fourth-order valence-electron chi connectivity index (χ4n) is 20.4. The van der Waals surface area contributed by atoms with Gasteiger partial charge in [0.1, 0.15) is 127 Å². The Labute approximate surface area is 605 Å². The van der Waals surface area contributed by atoms with E-state index >= 15 is 4.79 Å². The molecular weight excluding hydrogens is 1400 g/mol. The molecule has 0 amide bonds. The number of fused-ring (bicyclic) bond motifs is 7. The van der Waals surface area contributed by atoms with Crippen molar-refractivity contribution in [3.63, 3.8) is 0 Å². The maximum absolute atomic E-state index is 15.8. The lowest BCUT2D eigenvalue weighted by Gasteiger charge is -2.73. The zero-order chi connectivity index (χ0) is 76.8. The Bertz CT molecular complexity index is 3030. The predicted molar refractivity (Wildman–Crippen MR) is 344 cm³/mol. The number of rotatable bonds is 17. The van der Waals surface area contributed by atoms with Gasteiger partial charge in [0, 0.05) is 11.3 Å². The van der Waals surface area contributed by atoms with Crippen molar-refractivity contribution in [3.8, 4) is 0 Å². The highest BCUT2D eigenvalue weighted by Crippen LogP contribution is 2.76. The second-order valence-corrected chi connectivity index (χ2v) is 33.7. The summed E-state index contributed by atoms with van der Waals surface area (Å²) in [6, 6.07) is 0. The van der Waals surface area contributed by atoms with Crippen LogP contribution in [-0.2, 0) is 71.1 Å². The highest BCUT2D eigenvalue weighted by molar-refractivity contribution is 5.80. The van der Waals surface area contributed by atoms with Crippen LogP contribution >= 0.6 is 0 Å². The molecule has 11 fully saturated rings. The molecule has 7 heterocycles. The molecule has 0 unspecified atom stereocenters. The van der Waals surface area contributed by atoms with Crippen LogP contribution < -0.4 is 0 Å². The van der Waals surface area contributed by atoms with E-state index in [-0.39, 0.29) is 25.7 Å². The molecule has 5 aliphatic carbocycles. The van der Waals surface area contributed by atoms with Crippen LogP contribution in [0.4, 0.5) is 0 Å². The van der Waals surface area contributed by atoms with Crippen molar-refractivity contribution in [3.05, 3.63) is 11.6 Å². The van der Waals surface area contributed by atoms with E-state index in [2.05, 4.69) is 6.08 Å². The monoisotopic (exact) mass is 1520 g/mol. The first-order chi connectivity index (χ1) is 49.1. The van der Waals surface area contributed by atoms with Gasteiger partial charge in [0.05, 0.1) is 82.4 Å². The minimum atomic E-state index is -2.14. The molecule has 12 rings (SSSR count). The van der Waals surface area contributed by atoms with Crippen LogP contribution in [0.1, 0.15) is 107 Å². The molecule has 12 aliphatic rings. The summed E-state index contributed by atoms with van der Waals surface area (Å²) in [4.78, 5) is 15.8. The van der Waals surface area contributed by atoms with Crippen LogP contribution in [0.25, 0.3) is 0 Å². The normalized spacial score (nSPS) is 56.5. The summed E-state index contributed by atoms with van der Waals surface area (Å²) in [7, 11) is 0. The summed E-state index contributed by atoms with van der Waals surface area (Å²) in [5, 5.41) is 237. The van der Waals surface area contributed by atoms with Gasteiger partial charge in [-0.25, -0.2) is 0 Å². The Kier molecular flexibility index (Phi) is 23.8. The number of carbonyl (C=O) groups is 1. The first-order valence-corrected chi connectivity index (χ1v) is 36.6. The van der Waals surface area contributed by atoms with Crippen molar-refractivity contribution < 1.29 is 178 Å². The van der Waals surface area contributed by atoms with Crippen LogP contribution in [0.3, 0.4) is 0 Å². The zero-order valence-electron chi connectivity index (χ0n) is 60.1. The van der Waals surface area contributed by atoms with Gasteiger partial charge < -0.3 is 174 Å². The molecule has 0 aromatic rings. The molecule has 43 atom stereocenters. The Morgan fingerprint density at radius 1 is 0.486 bits per heavy atom. The average molecular weight is 1520 g/mol. The fourth-order valence-corrected chi connectivity index (χ4v) is 20.4. The lowest BCUT2D eigenvalue weighted by atomic mass is 9.32. The first kappa shape index (κ1) is 82.3. The van der Waals surface area contributed by atoms with Crippen LogP contribution in [-0.4, -0.2) is 367 Å². The van der Waals surface area contributed by atoms with E-state index in [9.17, 15) is 107 Å². The topological polar surface area (TPSA) is 571 Å². The smallest absolute Gasteiger partial charge is 0.317 e. The molecule has 7 aliphatic heterocycles. The van der Waals surface area contributed by atoms with Gasteiger partial charge in [-0.05, 0) is 99.2 Å². The molecule has 4 saturated carbocycles. The van der Waals surface area contributed by atoms with Crippen LogP contribution in [0.5, 0.6) is 0 Å². The van der Waals surface area contributed by atoms with E-state index in [1.807, 2.05) is 34.6 Å². The van der Waals surface area contributed by atoms with Gasteiger partial charge >= 0.3 is 5.97 Å². The molecule has 0 bridgehead atoms. The molecule has 36 nitrogen and oxygen atoms in total. The molecular formula is C69H112O36. The number of ether oxygens (including phenoxy) is 14. The van der Waals surface area contributed by atoms with Gasteiger partial charge in [0.15, 0.2) is 43.8 Å². The summed E-state index contributed by atoms with van der Waals surface area (Å²) in [5.74, 6) is -3.00. The molecule has 0 aromatic carbocycles. The lowest BCUT2D eigenvalue weighted by Crippen LogP contribution is -2.73. The maximum atomic E-state index is 15.8. The quantitative estimate of drug-likeness (QED) is 0.0365. The largest absolute Gasteiger partial charge is 0.432 e. The third-order valence-corrected chi connectivity index (χ3v) is 26.6. The SMILES string of the molecule is C[C@@H]1O[C@@H](O[C@@H]2[C@@H](O)[C@H](O[C@@H]3[C@@H](O[C@@H]4O[C@@H](C)[C@H](O)[C@@H](O)[C@H]4O)[C@@H](O)[C@H](O[C@H]4[C@H](OC(=O)[C@]56CCC(C)(C)C[C@H]5C5=CC[C@@H]7[C@@]8(C)C[C@H](O)[C@H](O[C@@H]9O[C@H](CO)[C@@H](O[C@@H]%10OC[C@](O)(CO)[C@H]%10O)[C@H](O)[C@H]9O)[C@@](C)(CO)[C@@H]8[C@H](O)C[C@@]7(C)[C@]5(C)C[C@H]6O)OC[C@H](O)[C@@H]4O)O[C@H]3C)OC[C@H]2O)[C@H](O)[C@H](O)[C@H]1O. The molecule has 21 N–H and O–H groups in total. The molecule has 7 saturated heterocycles. The molecule has 36 heteroatoms. The van der Waals surface area contributed by atoms with Gasteiger partial charge in [0.25, 0.3) is 0 Å². The van der Waals surface area contributed by atoms with Gasteiger partial charge in [-0.15, -0.1) is 0 Å². The van der Waals surface area contributed by atoms with Gasteiger partial charge in [-0.2, -0.15) is 0 Å². The van der Waals surface area contributed by atoms with Crippen LogP contribution in [0.2, 0.25) is 0 Å². The minimum absolute atomic E-state index is 0.0526. The van der Waals surface area contributed by atoms with Gasteiger partial charge in [-0.3, -0.25) is 4.79 Å². The standard InChI is InChI=1S/C69H112O36/c1-24-36(78)39(81)42(84)56(95-24)100-48-32(76)20-92-55(45(48)87)99-47-26(3)97-59(46(88)50(47)102-57-43(85)40(82)37(79)25(2)96-57)103-51-38(80)31(75)19-93-60(51)105-62(90)69-13-12-63(4,5)14-28(69)27-10-11-34-64(6)15-30(74)54(65(7,21-71)52(64)29(73)16-67(34,9)66(27,8)17-35(69)77)104-58-44(86)41(83)49(33(18-70)98-58)101-61-53(89)68(91,22-72)23-94-61/h10,24-26,28-61,70-89,91H,11-23H2,1-9H3/t24-,25-,26-,28-,29+,30-,31-,32+,33+,34+,35+,36-,37-,38-,39+,40+,41+,42+,43+,44+,45+,46+,47-,48-,49+,50-,51+,52+,53-,54-,55-,56-,57-,58-,59-,60-,61-,64+,65-,66+,67+,68+,69+/m0/s1. The Hall–Kier alpha value is -2.15. The lowest BCUT2D eigenvalue weighted by molar-refractivity contribution is -0.395. The number of carbonyl (C=O) groups excluding carboxylic acids is 1. The number of hydrogen-bond donors (Lipinski definition) is 21. The van der Waals surface area contributed by atoms with Crippen molar-refractivity contribution >= 4 is 5.97 Å². The van der Waals surface area contributed by atoms with Crippen molar-refractivity contribution in [2.75, 3.05) is 39.6 Å². The summed E-state index contributed by atoms with van der Waals surface area (Å²) >= 11 is 0. The number of aliphatic hydroxyl groups excluding tert-OH is 20. The number of allylic oxidation sites excluding steroid dienone is 2. The summed E-state index contributed by atoms with van der Waals surface area (Å²) < 4.78 is 83.7. The predicted octanol–water partition coefficient (Wildman–Crippen LogP) is -7.68. The van der Waals surface area contributed by atoms with E-state index in [1.54, 1.807) is 6.92 Å². The minimum Gasteiger partial charge on any atom is -0.432 e. The number of aliphatic hydroxyl groups is 21. The third-order valence-electron chi connectivity index (χ3n) is 26.6.